The lowest BCUT2D eigenvalue weighted by Crippen LogP contribution is -2.19. The van der Waals surface area contributed by atoms with Crippen molar-refractivity contribution < 1.29 is 0 Å². The zero-order valence-corrected chi connectivity index (χ0v) is 28.3. The van der Waals surface area contributed by atoms with Crippen LogP contribution in [0.2, 0.25) is 0 Å². The average molecular weight is 573 g/mol. The number of hydrogen-bond donors (Lipinski definition) is 0. The maximum absolute atomic E-state index is 4.13. The van der Waals surface area contributed by atoms with Crippen molar-refractivity contribution in [2.24, 2.45) is 5.41 Å². The van der Waals surface area contributed by atoms with Crippen LogP contribution in [0.25, 0.3) is 0 Å². The van der Waals surface area contributed by atoms with Crippen LogP contribution in [0.5, 0.6) is 0 Å². The summed E-state index contributed by atoms with van der Waals surface area (Å²) in [7, 11) is 0. The summed E-state index contributed by atoms with van der Waals surface area (Å²) in [6.45, 7) is 21.8. The standard InChI is InChI=1S/C43H56/c1-10-16-38(6)33-41-29-27-40(28-30-41)26-24-36(4)21-13-19-34(2)17-11-12-18-35(3)20-14-22-37(5)25-31-42-39(7)23-15-32-43(42,8)9/h10-14,16-22,24-27,29,31H,6,15,23,28,30,32-33H2,1-5,7-9H3/b12-11+,16-10-,19-13+,20-14+,26-24+,31-25+,34-17+,35-18+,36-21+,37-22+. The molecule has 0 nitrogen and oxygen atoms in total. The topological polar surface area (TPSA) is 0 Å². The molecule has 0 radical (unpaired) electrons. The van der Waals surface area contributed by atoms with Crippen molar-refractivity contribution in [2.75, 3.05) is 0 Å². The first kappa shape index (κ1) is 35.6. The van der Waals surface area contributed by atoms with E-state index in [4.69, 9.17) is 0 Å². The Kier molecular flexibility index (Phi) is 15.5. The molecule has 0 atom stereocenters. The van der Waals surface area contributed by atoms with Crippen molar-refractivity contribution in [1.82, 2.24) is 0 Å². The van der Waals surface area contributed by atoms with E-state index in [2.05, 4.69) is 164 Å². The Hall–Kier alpha value is -3.64. The molecule has 0 aromatic rings. The smallest absolute Gasteiger partial charge is 0.00699 e. The molecule has 0 N–H and O–H groups in total. The van der Waals surface area contributed by atoms with Crippen LogP contribution in [0, 0.1) is 5.41 Å². The predicted octanol–water partition coefficient (Wildman–Crippen LogP) is 13.2. The molecule has 0 aliphatic heterocycles. The molecule has 228 valence electrons. The van der Waals surface area contributed by atoms with Crippen LogP contribution in [-0.2, 0) is 0 Å². The molecule has 0 heteroatoms. The molecular weight excluding hydrogens is 516 g/mol. The number of allylic oxidation sites excluding steroid dienone is 27. The molecule has 0 aromatic heterocycles. The van der Waals surface area contributed by atoms with Gasteiger partial charge in [0.1, 0.15) is 0 Å². The van der Waals surface area contributed by atoms with Gasteiger partial charge in [0.25, 0.3) is 0 Å². The zero-order valence-electron chi connectivity index (χ0n) is 28.3. The lowest BCUT2D eigenvalue weighted by molar-refractivity contribution is 0.377. The van der Waals surface area contributed by atoms with Gasteiger partial charge in [0, 0.05) is 0 Å². The summed E-state index contributed by atoms with van der Waals surface area (Å²) in [4.78, 5) is 0. The first-order valence-corrected chi connectivity index (χ1v) is 16.0. The molecule has 0 saturated carbocycles. The Balaban J connectivity index is 1.83. The Morgan fingerprint density at radius 1 is 0.721 bits per heavy atom. The summed E-state index contributed by atoms with van der Waals surface area (Å²) in [6, 6.07) is 0. The van der Waals surface area contributed by atoms with Gasteiger partial charge in [-0.3, -0.25) is 0 Å². The highest BCUT2D eigenvalue weighted by atomic mass is 14.3. The van der Waals surface area contributed by atoms with Gasteiger partial charge < -0.3 is 0 Å². The van der Waals surface area contributed by atoms with Crippen molar-refractivity contribution in [3.05, 3.63) is 166 Å². The van der Waals surface area contributed by atoms with Gasteiger partial charge in [-0.05, 0) is 96.6 Å². The quantitative estimate of drug-likeness (QED) is 0.193. The molecule has 2 rings (SSSR count). The largest absolute Gasteiger partial charge is 0.0955 e. The first-order valence-electron chi connectivity index (χ1n) is 16.0. The minimum atomic E-state index is 0.287. The second-order valence-electron chi connectivity index (χ2n) is 12.7. The van der Waals surface area contributed by atoms with Crippen molar-refractivity contribution in [3.63, 3.8) is 0 Å². The van der Waals surface area contributed by atoms with Gasteiger partial charge in [-0.15, -0.1) is 0 Å². The third kappa shape index (κ3) is 14.4. The second-order valence-corrected chi connectivity index (χ2v) is 12.7. The average Bonchev–Trinajstić information content (AvgIpc) is 2.94. The summed E-state index contributed by atoms with van der Waals surface area (Å²) < 4.78 is 0. The summed E-state index contributed by atoms with van der Waals surface area (Å²) in [6.07, 6.45) is 46.1. The third-order valence-electron chi connectivity index (χ3n) is 8.01. The normalized spacial score (nSPS) is 19.7. The van der Waals surface area contributed by atoms with Crippen LogP contribution in [0.15, 0.2) is 166 Å². The van der Waals surface area contributed by atoms with Gasteiger partial charge in [0.05, 0.1) is 0 Å². The lowest BCUT2D eigenvalue weighted by Gasteiger charge is -2.32. The van der Waals surface area contributed by atoms with Gasteiger partial charge in [-0.1, -0.05) is 169 Å². The van der Waals surface area contributed by atoms with E-state index in [0.717, 1.165) is 19.3 Å². The maximum atomic E-state index is 4.13. The Morgan fingerprint density at radius 2 is 1.28 bits per heavy atom. The van der Waals surface area contributed by atoms with E-state index in [9.17, 15) is 0 Å². The Bertz CT molecular complexity index is 1370. The highest BCUT2D eigenvalue weighted by Gasteiger charge is 2.26. The molecule has 0 unspecified atom stereocenters. The fourth-order valence-electron chi connectivity index (χ4n) is 5.37. The van der Waals surface area contributed by atoms with Gasteiger partial charge >= 0.3 is 0 Å². The predicted molar refractivity (Wildman–Crippen MR) is 195 cm³/mol. The third-order valence-corrected chi connectivity index (χ3v) is 8.01. The molecule has 0 bridgehead atoms. The number of hydrogen-bond acceptors (Lipinski definition) is 0. The van der Waals surface area contributed by atoms with Gasteiger partial charge in [0.2, 0.25) is 0 Å². The van der Waals surface area contributed by atoms with E-state index in [1.807, 2.05) is 6.92 Å². The molecule has 2 aliphatic rings. The van der Waals surface area contributed by atoms with Crippen LogP contribution >= 0.6 is 0 Å². The molecule has 0 aromatic carbocycles. The zero-order chi connectivity index (χ0) is 31.7. The molecule has 0 fully saturated rings. The second kappa shape index (κ2) is 18.8. The Labute approximate surface area is 264 Å². The van der Waals surface area contributed by atoms with Crippen LogP contribution in [0.4, 0.5) is 0 Å². The van der Waals surface area contributed by atoms with E-state index in [1.54, 1.807) is 5.57 Å². The van der Waals surface area contributed by atoms with Crippen LogP contribution in [0.3, 0.4) is 0 Å². The monoisotopic (exact) mass is 572 g/mol. The summed E-state index contributed by atoms with van der Waals surface area (Å²) in [5.41, 5.74) is 12.3. The van der Waals surface area contributed by atoms with Gasteiger partial charge in [0.15, 0.2) is 0 Å². The fourth-order valence-corrected chi connectivity index (χ4v) is 5.37. The van der Waals surface area contributed by atoms with Crippen LogP contribution < -0.4 is 0 Å². The van der Waals surface area contributed by atoms with Gasteiger partial charge in [-0.2, -0.15) is 0 Å². The highest BCUT2D eigenvalue weighted by Crippen LogP contribution is 2.40. The molecular formula is C43H56. The SMILES string of the molecule is C=C(/C=C\C)CC1=CC=C(/C=C/C(C)=C/C=C/C(C)=C/C=C/C=C(C)/C=C/C=C(C)/C=C/C2=C(C)CCCC2(C)C)CC1. The van der Waals surface area contributed by atoms with E-state index >= 15 is 0 Å². The van der Waals surface area contributed by atoms with E-state index in [1.165, 1.54) is 63.8 Å². The molecule has 2 aliphatic carbocycles. The van der Waals surface area contributed by atoms with E-state index in [-0.39, 0.29) is 5.41 Å². The van der Waals surface area contributed by atoms with Crippen molar-refractivity contribution in [1.29, 1.82) is 0 Å². The molecule has 0 heterocycles. The van der Waals surface area contributed by atoms with Crippen LogP contribution in [0.1, 0.15) is 93.9 Å². The van der Waals surface area contributed by atoms with Crippen LogP contribution in [-0.4, -0.2) is 0 Å². The Morgan fingerprint density at radius 3 is 1.81 bits per heavy atom. The van der Waals surface area contributed by atoms with Crippen molar-refractivity contribution in [2.45, 2.75) is 93.9 Å². The van der Waals surface area contributed by atoms with E-state index in [0.29, 0.717) is 0 Å². The molecule has 0 saturated heterocycles. The summed E-state index contributed by atoms with van der Waals surface area (Å²) >= 11 is 0. The molecule has 0 spiro atoms. The molecule has 0 amide bonds. The summed E-state index contributed by atoms with van der Waals surface area (Å²) in [5, 5.41) is 0. The maximum Gasteiger partial charge on any atom is -0.00699 e. The lowest BCUT2D eigenvalue weighted by atomic mass is 9.72. The fraction of sp³-hybridized carbons (Fsp3) is 0.349. The van der Waals surface area contributed by atoms with Gasteiger partial charge in [-0.25, -0.2) is 0 Å². The van der Waals surface area contributed by atoms with Crippen molar-refractivity contribution >= 4 is 0 Å². The van der Waals surface area contributed by atoms with E-state index < -0.39 is 0 Å². The first-order chi connectivity index (χ1) is 20.5. The number of rotatable bonds is 13. The summed E-state index contributed by atoms with van der Waals surface area (Å²) in [5.74, 6) is 0. The highest BCUT2D eigenvalue weighted by molar-refractivity contribution is 5.39. The minimum absolute atomic E-state index is 0.287. The van der Waals surface area contributed by atoms with Crippen molar-refractivity contribution in [3.8, 4) is 0 Å². The molecule has 43 heavy (non-hydrogen) atoms. The minimum Gasteiger partial charge on any atom is -0.0955 e.